The normalized spacial score (nSPS) is 11.0. The topological polar surface area (TPSA) is 41.5 Å². The first-order valence-electron chi connectivity index (χ1n) is 7.92. The van der Waals surface area contributed by atoms with Gasteiger partial charge < -0.3 is 0 Å². The average Bonchev–Trinajstić information content (AvgIpc) is 2.64. The molecule has 0 fully saturated rings. The molecule has 0 bridgehead atoms. The van der Waals surface area contributed by atoms with Gasteiger partial charge >= 0.3 is 0 Å². The number of nitrogens with one attached hydrogen (secondary N) is 1. The van der Waals surface area contributed by atoms with Crippen LogP contribution in [0.5, 0.6) is 0 Å². The maximum atomic E-state index is 12.8. The monoisotopic (exact) mass is 392 g/mol. The van der Waals surface area contributed by atoms with Gasteiger partial charge in [0.15, 0.2) is 0 Å². The number of nitrogens with zero attached hydrogens (tertiary/aromatic N) is 1. The number of rotatable bonds is 5. The van der Waals surface area contributed by atoms with Crippen LogP contribution in [-0.2, 0) is 4.79 Å². The molecule has 0 radical (unpaired) electrons. The quantitative estimate of drug-likeness (QED) is 0.494. The van der Waals surface area contributed by atoms with Crippen LogP contribution in [-0.4, -0.2) is 12.1 Å². The molecule has 0 aromatic heterocycles. The maximum Gasteiger partial charge on any atom is 0.252 e. The second-order valence-corrected chi connectivity index (χ2v) is 6.46. The highest BCUT2D eigenvalue weighted by Crippen LogP contribution is 2.24. The number of hydrogen-bond acceptors (Lipinski definition) is 2. The Morgan fingerprint density at radius 2 is 1.48 bits per heavy atom. The van der Waals surface area contributed by atoms with E-state index in [1.807, 2.05) is 84.9 Å². The summed E-state index contributed by atoms with van der Waals surface area (Å²) in [4.78, 5) is 12.8. The zero-order valence-corrected chi connectivity index (χ0v) is 15.1. The smallest absolute Gasteiger partial charge is 0.252 e. The summed E-state index contributed by atoms with van der Waals surface area (Å²) in [6.07, 6.45) is 1.63. The van der Waals surface area contributed by atoms with Gasteiger partial charge in [-0.15, -0.1) is 0 Å². The highest BCUT2D eigenvalue weighted by molar-refractivity contribution is 9.10. The third-order valence-electron chi connectivity index (χ3n) is 3.77. The Balaban J connectivity index is 1.80. The summed E-state index contributed by atoms with van der Waals surface area (Å²) in [6, 6.07) is 27.1. The van der Waals surface area contributed by atoms with E-state index in [4.69, 9.17) is 0 Å². The third-order valence-corrected chi connectivity index (χ3v) is 4.26. The summed E-state index contributed by atoms with van der Waals surface area (Å²) in [5.74, 6) is -0.564. The number of carbonyl (C=O) groups excluding carboxylic acids is 1. The largest absolute Gasteiger partial charge is 0.272 e. The molecule has 1 N–H and O–H groups in total. The van der Waals surface area contributed by atoms with Crippen LogP contribution in [0.1, 0.15) is 22.6 Å². The Bertz CT molecular complexity index is 824. The predicted octanol–water partition coefficient (Wildman–Crippen LogP) is 4.73. The summed E-state index contributed by atoms with van der Waals surface area (Å²) in [5.41, 5.74) is 5.44. The van der Waals surface area contributed by atoms with E-state index >= 15 is 0 Å². The lowest BCUT2D eigenvalue weighted by molar-refractivity contribution is -0.121. The average molecular weight is 393 g/mol. The third kappa shape index (κ3) is 4.64. The van der Waals surface area contributed by atoms with Gasteiger partial charge in [0.25, 0.3) is 5.91 Å². The number of halogens is 1. The molecule has 25 heavy (non-hydrogen) atoms. The van der Waals surface area contributed by atoms with Crippen molar-refractivity contribution in [1.82, 2.24) is 5.43 Å². The van der Waals surface area contributed by atoms with Gasteiger partial charge in [-0.05, 0) is 28.8 Å². The summed E-state index contributed by atoms with van der Waals surface area (Å²) in [5, 5.41) is 4.11. The van der Waals surface area contributed by atoms with Gasteiger partial charge in [0.05, 0.1) is 12.1 Å². The van der Waals surface area contributed by atoms with Gasteiger partial charge in [0.1, 0.15) is 0 Å². The first-order valence-corrected chi connectivity index (χ1v) is 8.72. The fraction of sp³-hybridized carbons (Fsp3) is 0.0476. The fourth-order valence-corrected chi connectivity index (χ4v) is 3.02. The van der Waals surface area contributed by atoms with Crippen LogP contribution in [0.15, 0.2) is 94.5 Å². The highest BCUT2D eigenvalue weighted by Gasteiger charge is 2.22. The minimum absolute atomic E-state index is 0.163. The molecule has 0 saturated carbocycles. The molecule has 0 aliphatic rings. The lowest BCUT2D eigenvalue weighted by atomic mass is 9.91. The molecule has 0 aliphatic heterocycles. The van der Waals surface area contributed by atoms with Crippen LogP contribution in [0.25, 0.3) is 0 Å². The Morgan fingerprint density at radius 1 is 0.880 bits per heavy atom. The van der Waals surface area contributed by atoms with Crippen molar-refractivity contribution in [2.75, 3.05) is 0 Å². The van der Waals surface area contributed by atoms with E-state index in [0.29, 0.717) is 0 Å². The number of amides is 1. The van der Waals surface area contributed by atoms with Crippen molar-refractivity contribution >= 4 is 28.1 Å². The highest BCUT2D eigenvalue weighted by atomic mass is 79.9. The van der Waals surface area contributed by atoms with Crippen molar-refractivity contribution in [3.63, 3.8) is 0 Å². The molecule has 3 nitrogen and oxygen atoms in total. The zero-order valence-electron chi connectivity index (χ0n) is 13.5. The van der Waals surface area contributed by atoms with Gasteiger partial charge in [0.2, 0.25) is 0 Å². The number of hydrogen-bond donors (Lipinski definition) is 1. The summed E-state index contributed by atoms with van der Waals surface area (Å²) < 4.78 is 0.967. The van der Waals surface area contributed by atoms with E-state index < -0.39 is 5.92 Å². The van der Waals surface area contributed by atoms with Crippen molar-refractivity contribution in [3.8, 4) is 0 Å². The van der Waals surface area contributed by atoms with Gasteiger partial charge in [0, 0.05) is 4.47 Å². The van der Waals surface area contributed by atoms with Crippen LogP contribution in [0, 0.1) is 0 Å². The van der Waals surface area contributed by atoms with E-state index in [2.05, 4.69) is 26.5 Å². The zero-order chi connectivity index (χ0) is 17.5. The maximum absolute atomic E-state index is 12.8. The molecule has 124 valence electrons. The summed E-state index contributed by atoms with van der Waals surface area (Å²) >= 11 is 3.42. The Morgan fingerprint density at radius 3 is 2.04 bits per heavy atom. The van der Waals surface area contributed by atoms with Crippen LogP contribution in [0.3, 0.4) is 0 Å². The van der Waals surface area contributed by atoms with Crippen molar-refractivity contribution in [3.05, 3.63) is 106 Å². The van der Waals surface area contributed by atoms with E-state index in [9.17, 15) is 4.79 Å². The molecular formula is C21H17BrN2O. The molecule has 0 unspecified atom stereocenters. The number of carbonyl (C=O) groups is 1. The molecule has 1 amide bonds. The van der Waals surface area contributed by atoms with Crippen molar-refractivity contribution in [2.24, 2.45) is 5.10 Å². The van der Waals surface area contributed by atoms with E-state index in [0.717, 1.165) is 21.2 Å². The Labute approximate surface area is 155 Å². The molecule has 0 heterocycles. The van der Waals surface area contributed by atoms with E-state index in [1.54, 1.807) is 6.21 Å². The molecule has 3 aromatic carbocycles. The van der Waals surface area contributed by atoms with Crippen molar-refractivity contribution in [1.29, 1.82) is 0 Å². The SMILES string of the molecule is O=C(N/N=C\c1cccc(Br)c1)C(c1ccccc1)c1ccccc1. The van der Waals surface area contributed by atoms with Crippen molar-refractivity contribution < 1.29 is 4.79 Å². The Kier molecular flexibility index (Phi) is 5.75. The lowest BCUT2D eigenvalue weighted by Crippen LogP contribution is -2.26. The van der Waals surface area contributed by atoms with Crippen LogP contribution in [0.2, 0.25) is 0 Å². The molecular weight excluding hydrogens is 376 g/mol. The molecule has 3 aromatic rings. The number of benzene rings is 3. The molecule has 0 saturated heterocycles. The van der Waals surface area contributed by atoms with E-state index in [1.165, 1.54) is 0 Å². The van der Waals surface area contributed by atoms with Crippen LogP contribution >= 0.6 is 15.9 Å². The van der Waals surface area contributed by atoms with Crippen LogP contribution < -0.4 is 5.43 Å². The second kappa shape index (κ2) is 8.40. The molecule has 0 atom stereocenters. The summed E-state index contributed by atoms with van der Waals surface area (Å²) in [6.45, 7) is 0. The van der Waals surface area contributed by atoms with Crippen molar-refractivity contribution in [2.45, 2.75) is 5.92 Å². The van der Waals surface area contributed by atoms with E-state index in [-0.39, 0.29) is 5.91 Å². The Hall–Kier alpha value is -2.72. The molecule has 3 rings (SSSR count). The first-order chi connectivity index (χ1) is 12.2. The van der Waals surface area contributed by atoms with Gasteiger partial charge in [-0.2, -0.15) is 5.10 Å². The van der Waals surface area contributed by atoms with Crippen LogP contribution in [0.4, 0.5) is 0 Å². The van der Waals surface area contributed by atoms with Gasteiger partial charge in [-0.25, -0.2) is 5.43 Å². The molecule has 0 spiro atoms. The molecule has 0 aliphatic carbocycles. The van der Waals surface area contributed by atoms with Gasteiger partial charge in [-0.3, -0.25) is 4.79 Å². The standard InChI is InChI=1S/C21H17BrN2O/c22-19-13-7-8-16(14-19)15-23-24-21(25)20(17-9-3-1-4-10-17)18-11-5-2-6-12-18/h1-15,20H,(H,24,25)/b23-15-. The first kappa shape index (κ1) is 17.1. The van der Waals surface area contributed by atoms with Gasteiger partial charge in [-0.1, -0.05) is 88.7 Å². The summed E-state index contributed by atoms with van der Waals surface area (Å²) in [7, 11) is 0. The predicted molar refractivity (Wildman–Crippen MR) is 105 cm³/mol. The minimum atomic E-state index is -0.401. The lowest BCUT2D eigenvalue weighted by Gasteiger charge is -2.16. The second-order valence-electron chi connectivity index (χ2n) is 5.54. The minimum Gasteiger partial charge on any atom is -0.272 e. The number of hydrazone groups is 1. The fourth-order valence-electron chi connectivity index (χ4n) is 2.61. The molecule has 4 heteroatoms.